The maximum absolute atomic E-state index is 11.9. The molecule has 0 aliphatic carbocycles. The van der Waals surface area contributed by atoms with Crippen LogP contribution in [0.1, 0.15) is 32.0 Å². The summed E-state index contributed by atoms with van der Waals surface area (Å²) in [6, 6.07) is 5.05. The van der Waals surface area contributed by atoms with Gasteiger partial charge in [0.05, 0.1) is 11.2 Å². The molecule has 0 atom stereocenters. The molecule has 2 aromatic rings. The van der Waals surface area contributed by atoms with Gasteiger partial charge >= 0.3 is 0 Å². The van der Waals surface area contributed by atoms with Crippen molar-refractivity contribution in [3.8, 4) is 0 Å². The number of H-pyrrole nitrogens is 1. The Bertz CT molecular complexity index is 765. The summed E-state index contributed by atoms with van der Waals surface area (Å²) < 4.78 is 0. The number of hydrogen-bond acceptors (Lipinski definition) is 5. The first-order chi connectivity index (χ1) is 10.3. The van der Waals surface area contributed by atoms with E-state index >= 15 is 0 Å². The van der Waals surface area contributed by atoms with Crippen LogP contribution in [0, 0.1) is 0 Å². The van der Waals surface area contributed by atoms with Crippen molar-refractivity contribution < 1.29 is 0 Å². The van der Waals surface area contributed by atoms with Crippen LogP contribution in [0.2, 0.25) is 10.0 Å². The molecular formula is C14H15Cl2N5O. The first-order valence-electron chi connectivity index (χ1n) is 6.49. The molecule has 0 saturated carbocycles. The Labute approximate surface area is 137 Å². The summed E-state index contributed by atoms with van der Waals surface area (Å²) in [7, 11) is 0. The van der Waals surface area contributed by atoms with Gasteiger partial charge < -0.3 is 0 Å². The number of aromatic amines is 1. The Kier molecular flexibility index (Phi) is 4.83. The maximum Gasteiger partial charge on any atom is 0.274 e. The monoisotopic (exact) mass is 339 g/mol. The highest BCUT2D eigenvalue weighted by atomic mass is 35.5. The molecule has 0 spiro atoms. The smallest absolute Gasteiger partial charge is 0.274 e. The molecule has 0 fully saturated rings. The molecule has 1 aromatic carbocycles. The molecule has 0 saturated heterocycles. The minimum atomic E-state index is -0.376. The van der Waals surface area contributed by atoms with Crippen molar-refractivity contribution in [3.63, 3.8) is 0 Å². The topological polar surface area (TPSA) is 83.0 Å². The summed E-state index contributed by atoms with van der Waals surface area (Å²) in [6.07, 6.45) is 1.50. The van der Waals surface area contributed by atoms with Gasteiger partial charge in [-0.1, -0.05) is 50.0 Å². The number of hydrazone groups is 1. The van der Waals surface area contributed by atoms with Gasteiger partial charge in [-0.15, -0.1) is 10.2 Å². The fourth-order valence-corrected chi connectivity index (χ4v) is 2.10. The van der Waals surface area contributed by atoms with E-state index in [0.29, 0.717) is 21.3 Å². The van der Waals surface area contributed by atoms with Crippen molar-refractivity contribution in [2.45, 2.75) is 26.2 Å². The quantitative estimate of drug-likeness (QED) is 0.664. The predicted molar refractivity (Wildman–Crippen MR) is 89.0 cm³/mol. The normalized spacial score (nSPS) is 11.9. The number of anilines is 1. The molecule has 0 radical (unpaired) electrons. The number of hydrogen-bond donors (Lipinski definition) is 2. The Balaban J connectivity index is 2.13. The van der Waals surface area contributed by atoms with Gasteiger partial charge in [-0.2, -0.15) is 5.10 Å². The molecule has 1 aromatic heterocycles. The van der Waals surface area contributed by atoms with E-state index < -0.39 is 0 Å². The third kappa shape index (κ3) is 4.05. The summed E-state index contributed by atoms with van der Waals surface area (Å²) >= 11 is 11.8. The fraction of sp³-hybridized carbons (Fsp3) is 0.286. The molecule has 0 aliphatic heterocycles. The minimum Gasteiger partial charge on any atom is -0.288 e. The number of rotatable bonds is 3. The van der Waals surface area contributed by atoms with Gasteiger partial charge in [0.2, 0.25) is 5.95 Å². The van der Waals surface area contributed by atoms with Gasteiger partial charge in [-0.05, 0) is 12.1 Å². The lowest BCUT2D eigenvalue weighted by atomic mass is 9.93. The third-order valence-corrected chi connectivity index (χ3v) is 3.31. The molecule has 2 rings (SSSR count). The number of benzene rings is 1. The molecule has 0 amide bonds. The van der Waals surface area contributed by atoms with Crippen molar-refractivity contribution >= 4 is 35.4 Å². The largest absolute Gasteiger partial charge is 0.288 e. The number of nitrogens with zero attached hydrogens (tertiary/aromatic N) is 3. The molecule has 8 heteroatoms. The van der Waals surface area contributed by atoms with E-state index in [2.05, 4.69) is 25.7 Å². The van der Waals surface area contributed by atoms with Crippen LogP contribution in [0.5, 0.6) is 0 Å². The third-order valence-electron chi connectivity index (χ3n) is 2.74. The molecule has 0 aliphatic rings. The van der Waals surface area contributed by atoms with Gasteiger partial charge in [-0.3, -0.25) is 9.78 Å². The van der Waals surface area contributed by atoms with Crippen molar-refractivity contribution in [1.29, 1.82) is 0 Å². The SMILES string of the molecule is CC(C)(C)c1nnc(N/N=C/c2ccc(Cl)cc2Cl)[nH]c1=O. The van der Waals surface area contributed by atoms with Crippen LogP contribution in [-0.4, -0.2) is 21.4 Å². The lowest BCUT2D eigenvalue weighted by Gasteiger charge is -2.15. The van der Waals surface area contributed by atoms with Gasteiger partial charge in [0.25, 0.3) is 5.56 Å². The highest BCUT2D eigenvalue weighted by Crippen LogP contribution is 2.19. The maximum atomic E-state index is 11.9. The van der Waals surface area contributed by atoms with Crippen LogP contribution in [-0.2, 0) is 5.41 Å². The highest BCUT2D eigenvalue weighted by Gasteiger charge is 2.20. The van der Waals surface area contributed by atoms with Crippen LogP contribution < -0.4 is 11.0 Å². The zero-order valence-electron chi connectivity index (χ0n) is 12.3. The molecule has 6 nitrogen and oxygen atoms in total. The van der Waals surface area contributed by atoms with Crippen molar-refractivity contribution in [1.82, 2.24) is 15.2 Å². The van der Waals surface area contributed by atoms with Gasteiger partial charge in [0, 0.05) is 16.0 Å². The average Bonchev–Trinajstić information content (AvgIpc) is 2.40. The van der Waals surface area contributed by atoms with Crippen LogP contribution in [0.15, 0.2) is 28.1 Å². The van der Waals surface area contributed by atoms with Crippen molar-refractivity contribution in [2.24, 2.45) is 5.10 Å². The summed E-state index contributed by atoms with van der Waals surface area (Å²) in [5.74, 6) is 0.152. The molecule has 0 unspecified atom stereocenters. The van der Waals surface area contributed by atoms with E-state index in [1.54, 1.807) is 18.2 Å². The minimum absolute atomic E-state index is 0.152. The number of aromatic nitrogens is 3. The van der Waals surface area contributed by atoms with E-state index in [0.717, 1.165) is 0 Å². The lowest BCUT2D eigenvalue weighted by Crippen LogP contribution is -2.28. The summed E-state index contributed by atoms with van der Waals surface area (Å²) in [5, 5.41) is 12.8. The van der Waals surface area contributed by atoms with Crippen LogP contribution >= 0.6 is 23.2 Å². The Morgan fingerprint density at radius 2 is 2.00 bits per heavy atom. The second-order valence-corrected chi connectivity index (χ2v) is 6.48. The molecule has 0 bridgehead atoms. The van der Waals surface area contributed by atoms with Crippen molar-refractivity contribution in [2.75, 3.05) is 5.43 Å². The van der Waals surface area contributed by atoms with E-state index in [9.17, 15) is 4.79 Å². The first-order valence-corrected chi connectivity index (χ1v) is 7.24. The standard InChI is InChI=1S/C14H15Cl2N5O/c1-14(2,3)11-12(22)18-13(21-19-11)20-17-7-8-4-5-9(15)6-10(8)16/h4-7H,1-3H3,(H2,18,20,21,22)/b17-7+. The van der Waals surface area contributed by atoms with Crippen LogP contribution in [0.25, 0.3) is 0 Å². The van der Waals surface area contributed by atoms with E-state index in [4.69, 9.17) is 23.2 Å². The van der Waals surface area contributed by atoms with E-state index in [1.807, 2.05) is 20.8 Å². The lowest BCUT2D eigenvalue weighted by molar-refractivity contribution is 0.547. The molecule has 1 heterocycles. The summed E-state index contributed by atoms with van der Waals surface area (Å²) in [4.78, 5) is 14.5. The van der Waals surface area contributed by atoms with Crippen LogP contribution in [0.4, 0.5) is 5.95 Å². The molecule has 22 heavy (non-hydrogen) atoms. The van der Waals surface area contributed by atoms with Gasteiger partial charge in [0.1, 0.15) is 5.69 Å². The molecular weight excluding hydrogens is 325 g/mol. The highest BCUT2D eigenvalue weighted by molar-refractivity contribution is 6.36. The number of halogens is 2. The Morgan fingerprint density at radius 1 is 1.27 bits per heavy atom. The van der Waals surface area contributed by atoms with Gasteiger partial charge in [-0.25, -0.2) is 5.43 Å². The fourth-order valence-electron chi connectivity index (χ4n) is 1.65. The van der Waals surface area contributed by atoms with Crippen molar-refractivity contribution in [3.05, 3.63) is 49.9 Å². The molecule has 2 N–H and O–H groups in total. The van der Waals surface area contributed by atoms with E-state index in [-0.39, 0.29) is 16.9 Å². The van der Waals surface area contributed by atoms with Crippen LogP contribution in [0.3, 0.4) is 0 Å². The zero-order chi connectivity index (χ0) is 16.3. The number of nitrogens with one attached hydrogen (secondary N) is 2. The second kappa shape index (κ2) is 6.46. The second-order valence-electron chi connectivity index (χ2n) is 5.64. The van der Waals surface area contributed by atoms with E-state index in [1.165, 1.54) is 6.21 Å². The predicted octanol–water partition coefficient (Wildman–Crippen LogP) is 3.22. The first kappa shape index (κ1) is 16.5. The molecule has 116 valence electrons. The Morgan fingerprint density at radius 3 is 2.59 bits per heavy atom. The Hall–Kier alpha value is -1.92. The summed E-state index contributed by atoms with van der Waals surface area (Å²) in [6.45, 7) is 5.67. The zero-order valence-corrected chi connectivity index (χ0v) is 13.8. The summed E-state index contributed by atoms with van der Waals surface area (Å²) in [5.41, 5.74) is 2.97. The van der Waals surface area contributed by atoms with Gasteiger partial charge in [0.15, 0.2) is 0 Å². The average molecular weight is 340 g/mol.